The maximum Gasteiger partial charge on any atom is 0.264 e. The van der Waals surface area contributed by atoms with Crippen LogP contribution in [-0.4, -0.2) is 43.8 Å². The van der Waals surface area contributed by atoms with Crippen LogP contribution >= 0.6 is 11.6 Å². The first-order chi connectivity index (χ1) is 21.1. The Hall–Kier alpha value is -4.14. The zero-order chi connectivity index (χ0) is 31.7. The van der Waals surface area contributed by atoms with Gasteiger partial charge in [-0.05, 0) is 67.8 Å². The minimum absolute atomic E-state index is 0.000800. The van der Waals surface area contributed by atoms with Crippen LogP contribution in [0.15, 0.2) is 114 Å². The molecule has 0 aliphatic heterocycles. The van der Waals surface area contributed by atoms with Crippen molar-refractivity contribution in [1.29, 1.82) is 0 Å². The first-order valence-corrected chi connectivity index (χ1v) is 16.4. The fourth-order valence-electron chi connectivity index (χ4n) is 4.86. The van der Waals surface area contributed by atoms with E-state index in [2.05, 4.69) is 5.32 Å². The summed E-state index contributed by atoms with van der Waals surface area (Å²) in [5.41, 5.74) is 3.05. The van der Waals surface area contributed by atoms with Crippen molar-refractivity contribution in [3.63, 3.8) is 0 Å². The fourth-order valence-corrected chi connectivity index (χ4v) is 6.40. The SMILES string of the molecule is CCC(C)NC(=O)C(Cc1ccccc1)N(Cc1cccc(C)c1)C(=O)CN(c1ccccc1)S(=O)(=O)c1ccc(Cl)cc1. The van der Waals surface area contributed by atoms with Gasteiger partial charge < -0.3 is 10.2 Å². The van der Waals surface area contributed by atoms with Crippen LogP contribution in [0.25, 0.3) is 0 Å². The van der Waals surface area contributed by atoms with Gasteiger partial charge in [0.2, 0.25) is 11.8 Å². The lowest BCUT2D eigenvalue weighted by Gasteiger charge is -2.34. The molecule has 0 bridgehead atoms. The summed E-state index contributed by atoms with van der Waals surface area (Å²) in [4.78, 5) is 29.8. The van der Waals surface area contributed by atoms with Crippen LogP contribution in [0.4, 0.5) is 5.69 Å². The molecule has 0 spiro atoms. The molecule has 0 saturated carbocycles. The van der Waals surface area contributed by atoms with Crippen molar-refractivity contribution in [2.45, 2.75) is 57.1 Å². The summed E-state index contributed by atoms with van der Waals surface area (Å²) in [5, 5.41) is 3.45. The van der Waals surface area contributed by atoms with Gasteiger partial charge >= 0.3 is 0 Å². The van der Waals surface area contributed by atoms with Gasteiger partial charge in [0.25, 0.3) is 10.0 Å². The van der Waals surface area contributed by atoms with Crippen molar-refractivity contribution < 1.29 is 18.0 Å². The number of sulfonamides is 1. The van der Waals surface area contributed by atoms with Crippen molar-refractivity contribution in [3.05, 3.63) is 131 Å². The normalized spacial score (nSPS) is 12.6. The number of anilines is 1. The second-order valence-corrected chi connectivity index (χ2v) is 13.1. The van der Waals surface area contributed by atoms with Gasteiger partial charge in [0.1, 0.15) is 12.6 Å². The van der Waals surface area contributed by atoms with Gasteiger partial charge in [0.05, 0.1) is 10.6 Å². The number of nitrogens with one attached hydrogen (secondary N) is 1. The van der Waals surface area contributed by atoms with E-state index in [1.54, 1.807) is 30.3 Å². The molecule has 44 heavy (non-hydrogen) atoms. The molecule has 9 heteroatoms. The standard InChI is InChI=1S/C35H38ClN3O4S/c1-4-27(3)37-35(41)33(23-28-13-7-5-8-14-28)38(24-29-15-11-12-26(2)22-29)34(40)25-39(31-16-9-6-10-17-31)44(42,43)32-20-18-30(36)19-21-32/h5-22,27,33H,4,23-25H2,1-3H3,(H,37,41). The number of aryl methyl sites for hydroxylation is 1. The number of carbonyl (C=O) groups is 2. The number of carbonyl (C=O) groups excluding carboxylic acids is 2. The highest BCUT2D eigenvalue weighted by molar-refractivity contribution is 7.92. The van der Waals surface area contributed by atoms with Gasteiger partial charge in [0.15, 0.2) is 0 Å². The Morgan fingerprint density at radius 1 is 0.841 bits per heavy atom. The summed E-state index contributed by atoms with van der Waals surface area (Å²) < 4.78 is 29.1. The second-order valence-electron chi connectivity index (χ2n) is 10.8. The Kier molecular flexibility index (Phi) is 11.2. The molecule has 0 radical (unpaired) electrons. The zero-order valence-corrected chi connectivity index (χ0v) is 26.8. The number of amides is 2. The number of hydrogen-bond donors (Lipinski definition) is 1. The average Bonchev–Trinajstić information content (AvgIpc) is 3.02. The van der Waals surface area contributed by atoms with Crippen LogP contribution in [-0.2, 0) is 32.6 Å². The van der Waals surface area contributed by atoms with Crippen molar-refractivity contribution in [2.24, 2.45) is 0 Å². The molecule has 4 aromatic rings. The molecular weight excluding hydrogens is 594 g/mol. The number of para-hydroxylation sites is 1. The molecule has 0 aromatic heterocycles. The van der Waals surface area contributed by atoms with Crippen LogP contribution in [0.2, 0.25) is 5.02 Å². The molecule has 2 atom stereocenters. The highest BCUT2D eigenvalue weighted by Crippen LogP contribution is 2.26. The Bertz CT molecular complexity index is 1650. The van der Waals surface area contributed by atoms with E-state index in [1.165, 1.54) is 29.2 Å². The van der Waals surface area contributed by atoms with Gasteiger partial charge in [-0.2, -0.15) is 0 Å². The lowest BCUT2D eigenvalue weighted by Crippen LogP contribution is -2.54. The molecule has 4 aromatic carbocycles. The fraction of sp³-hybridized carbons (Fsp3) is 0.257. The van der Waals surface area contributed by atoms with E-state index in [1.807, 2.05) is 75.4 Å². The third-order valence-corrected chi connectivity index (χ3v) is 9.47. The topological polar surface area (TPSA) is 86.8 Å². The van der Waals surface area contributed by atoms with Crippen molar-refractivity contribution in [2.75, 3.05) is 10.8 Å². The molecule has 0 aliphatic rings. The molecule has 4 rings (SSSR count). The molecule has 1 N–H and O–H groups in total. The van der Waals surface area contributed by atoms with Crippen LogP contribution in [0.1, 0.15) is 37.0 Å². The summed E-state index contributed by atoms with van der Waals surface area (Å²) in [5.74, 6) is -0.802. The minimum Gasteiger partial charge on any atom is -0.352 e. The monoisotopic (exact) mass is 631 g/mol. The van der Waals surface area contributed by atoms with Gasteiger partial charge in [0, 0.05) is 24.0 Å². The minimum atomic E-state index is -4.18. The quantitative estimate of drug-likeness (QED) is 0.185. The maximum atomic E-state index is 14.5. The Balaban J connectivity index is 1.79. The summed E-state index contributed by atoms with van der Waals surface area (Å²) in [7, 11) is -4.18. The van der Waals surface area contributed by atoms with Crippen LogP contribution in [0, 0.1) is 6.92 Å². The number of benzene rings is 4. The largest absolute Gasteiger partial charge is 0.352 e. The lowest BCUT2D eigenvalue weighted by molar-refractivity contribution is -0.140. The first kappa shape index (κ1) is 32.8. The van der Waals surface area contributed by atoms with E-state index in [0.717, 1.165) is 27.4 Å². The van der Waals surface area contributed by atoms with E-state index in [4.69, 9.17) is 11.6 Å². The summed E-state index contributed by atoms with van der Waals surface area (Å²) in [6.07, 6.45) is 0.979. The van der Waals surface area contributed by atoms with Crippen LogP contribution < -0.4 is 9.62 Å². The third kappa shape index (κ3) is 8.49. The molecule has 7 nitrogen and oxygen atoms in total. The predicted molar refractivity (Wildman–Crippen MR) is 176 cm³/mol. The molecule has 0 saturated heterocycles. The van der Waals surface area contributed by atoms with E-state index in [-0.39, 0.29) is 29.8 Å². The molecule has 0 heterocycles. The molecule has 2 amide bonds. The zero-order valence-electron chi connectivity index (χ0n) is 25.2. The van der Waals surface area contributed by atoms with E-state index in [9.17, 15) is 18.0 Å². The number of hydrogen-bond acceptors (Lipinski definition) is 4. The van der Waals surface area contributed by atoms with Gasteiger partial charge in [-0.15, -0.1) is 0 Å². The second kappa shape index (κ2) is 15.0. The van der Waals surface area contributed by atoms with E-state index in [0.29, 0.717) is 10.7 Å². The Morgan fingerprint density at radius 3 is 2.07 bits per heavy atom. The third-order valence-electron chi connectivity index (χ3n) is 7.43. The molecule has 2 unspecified atom stereocenters. The Morgan fingerprint density at radius 2 is 1.45 bits per heavy atom. The van der Waals surface area contributed by atoms with Crippen molar-refractivity contribution in [1.82, 2.24) is 10.2 Å². The van der Waals surface area contributed by atoms with Crippen LogP contribution in [0.3, 0.4) is 0 Å². The number of rotatable bonds is 13. The van der Waals surface area contributed by atoms with Crippen LogP contribution in [0.5, 0.6) is 0 Å². The highest BCUT2D eigenvalue weighted by atomic mass is 35.5. The maximum absolute atomic E-state index is 14.5. The van der Waals surface area contributed by atoms with E-state index < -0.39 is 28.5 Å². The summed E-state index contributed by atoms with van der Waals surface area (Å²) >= 11 is 6.04. The summed E-state index contributed by atoms with van der Waals surface area (Å²) in [6.45, 7) is 5.47. The van der Waals surface area contributed by atoms with Gasteiger partial charge in [-0.1, -0.05) is 96.9 Å². The number of halogens is 1. The number of nitrogens with zero attached hydrogens (tertiary/aromatic N) is 2. The highest BCUT2D eigenvalue weighted by Gasteiger charge is 2.35. The van der Waals surface area contributed by atoms with Crippen molar-refractivity contribution >= 4 is 39.1 Å². The predicted octanol–water partition coefficient (Wildman–Crippen LogP) is 6.40. The lowest BCUT2D eigenvalue weighted by atomic mass is 10.0. The van der Waals surface area contributed by atoms with Gasteiger partial charge in [-0.3, -0.25) is 13.9 Å². The Labute approximate surface area is 265 Å². The molecular formula is C35H38ClN3O4S. The van der Waals surface area contributed by atoms with Crippen molar-refractivity contribution in [3.8, 4) is 0 Å². The molecule has 0 fully saturated rings. The molecule has 0 aliphatic carbocycles. The van der Waals surface area contributed by atoms with E-state index >= 15 is 0 Å². The van der Waals surface area contributed by atoms with Gasteiger partial charge in [-0.25, -0.2) is 8.42 Å². The first-order valence-electron chi connectivity index (χ1n) is 14.6. The molecule has 230 valence electrons. The average molecular weight is 632 g/mol. The smallest absolute Gasteiger partial charge is 0.264 e. The summed E-state index contributed by atoms with van der Waals surface area (Å²) in [6, 6.07) is 30.6.